The lowest BCUT2D eigenvalue weighted by Gasteiger charge is -2.46. The van der Waals surface area contributed by atoms with E-state index in [2.05, 4.69) is 0 Å². The normalized spacial score (nSPS) is 18.2. The first kappa shape index (κ1) is 19.6. The van der Waals surface area contributed by atoms with Crippen molar-refractivity contribution < 1.29 is 32.0 Å². The van der Waals surface area contributed by atoms with Crippen LogP contribution in [-0.2, 0) is 11.0 Å². The summed E-state index contributed by atoms with van der Waals surface area (Å²) in [6, 6.07) is 4.59. The fourth-order valence-corrected chi connectivity index (χ4v) is 3.15. The van der Waals surface area contributed by atoms with Crippen molar-refractivity contribution in [1.29, 1.82) is 0 Å². The number of hydrogen-bond donors (Lipinski definition) is 0. The van der Waals surface area contributed by atoms with E-state index in [1.54, 1.807) is 0 Å². The van der Waals surface area contributed by atoms with Gasteiger partial charge in [0.15, 0.2) is 5.75 Å². The maximum absolute atomic E-state index is 13.7. The Kier molecular flexibility index (Phi) is 4.52. The van der Waals surface area contributed by atoms with Gasteiger partial charge in [0.1, 0.15) is 23.7 Å². The third kappa shape index (κ3) is 3.25. The molecular weight excluding hydrogens is 384 g/mol. The Labute approximate surface area is 156 Å². The SMILES string of the molecule is CC1(C)Oc2cc([N+](=O)[O-])cc(C(F)(F)F)c2N(c2ccc(F)cc2)C1C=O. The van der Waals surface area contributed by atoms with Gasteiger partial charge in [-0.05, 0) is 38.1 Å². The molecule has 1 aliphatic rings. The highest BCUT2D eigenvalue weighted by Gasteiger charge is 2.48. The van der Waals surface area contributed by atoms with E-state index in [9.17, 15) is 32.5 Å². The van der Waals surface area contributed by atoms with Gasteiger partial charge < -0.3 is 14.4 Å². The van der Waals surface area contributed by atoms with E-state index < -0.39 is 51.2 Å². The molecule has 0 fully saturated rings. The first-order valence-electron chi connectivity index (χ1n) is 8.04. The number of alkyl halides is 3. The number of halogens is 4. The Morgan fingerprint density at radius 3 is 2.32 bits per heavy atom. The summed E-state index contributed by atoms with van der Waals surface area (Å²) in [5.41, 5.74) is -3.88. The molecule has 0 saturated carbocycles. The van der Waals surface area contributed by atoms with Gasteiger partial charge in [-0.1, -0.05) is 0 Å². The predicted molar refractivity (Wildman–Crippen MR) is 91.2 cm³/mol. The Morgan fingerprint density at radius 2 is 1.82 bits per heavy atom. The van der Waals surface area contributed by atoms with Crippen molar-refractivity contribution in [3.05, 3.63) is 57.9 Å². The van der Waals surface area contributed by atoms with E-state index in [0.717, 1.165) is 23.1 Å². The van der Waals surface area contributed by atoms with Gasteiger partial charge in [0.2, 0.25) is 0 Å². The first-order chi connectivity index (χ1) is 13.0. The molecule has 0 N–H and O–H groups in total. The number of anilines is 2. The summed E-state index contributed by atoms with van der Waals surface area (Å²) in [5.74, 6) is -1.01. The number of nitro groups is 1. The average molecular weight is 398 g/mol. The smallest absolute Gasteiger partial charge is 0.418 e. The summed E-state index contributed by atoms with van der Waals surface area (Å²) < 4.78 is 60.1. The maximum Gasteiger partial charge on any atom is 0.418 e. The molecule has 0 aromatic heterocycles. The maximum atomic E-state index is 13.7. The van der Waals surface area contributed by atoms with Gasteiger partial charge in [-0.3, -0.25) is 10.1 Å². The van der Waals surface area contributed by atoms with E-state index in [1.165, 1.54) is 26.0 Å². The van der Waals surface area contributed by atoms with Gasteiger partial charge in [0.25, 0.3) is 5.69 Å². The molecule has 0 aliphatic carbocycles. The van der Waals surface area contributed by atoms with E-state index >= 15 is 0 Å². The minimum Gasteiger partial charge on any atom is -0.483 e. The second kappa shape index (κ2) is 6.47. The van der Waals surface area contributed by atoms with Crippen molar-refractivity contribution in [2.24, 2.45) is 0 Å². The van der Waals surface area contributed by atoms with Crippen LogP contribution in [-0.4, -0.2) is 22.9 Å². The minimum atomic E-state index is -4.97. The Morgan fingerprint density at radius 1 is 1.21 bits per heavy atom. The van der Waals surface area contributed by atoms with Crippen LogP contribution >= 0.6 is 0 Å². The topological polar surface area (TPSA) is 72.7 Å². The van der Waals surface area contributed by atoms with Crippen LogP contribution in [0.4, 0.5) is 34.6 Å². The number of carbonyl (C=O) groups excluding carboxylic acids is 1. The molecule has 0 radical (unpaired) electrons. The molecule has 28 heavy (non-hydrogen) atoms. The number of ether oxygens (including phenoxy) is 1. The van der Waals surface area contributed by atoms with Crippen LogP contribution < -0.4 is 9.64 Å². The molecule has 0 bridgehead atoms. The molecular formula is C18H14F4N2O4. The lowest BCUT2D eigenvalue weighted by Crippen LogP contribution is -2.55. The van der Waals surface area contributed by atoms with Crippen molar-refractivity contribution in [3.8, 4) is 5.75 Å². The van der Waals surface area contributed by atoms with Crippen LogP contribution in [0.25, 0.3) is 0 Å². The van der Waals surface area contributed by atoms with E-state index in [4.69, 9.17) is 4.74 Å². The number of aldehydes is 1. The third-order valence-corrected chi connectivity index (χ3v) is 4.41. The number of carbonyl (C=O) groups is 1. The van der Waals surface area contributed by atoms with Gasteiger partial charge in [-0.25, -0.2) is 4.39 Å². The molecule has 1 heterocycles. The van der Waals surface area contributed by atoms with Crippen molar-refractivity contribution in [1.82, 2.24) is 0 Å². The predicted octanol–water partition coefficient (Wildman–Crippen LogP) is 4.63. The van der Waals surface area contributed by atoms with Gasteiger partial charge >= 0.3 is 6.18 Å². The average Bonchev–Trinajstić information content (AvgIpc) is 2.58. The standard InChI is InChI=1S/C18H14F4N2O4/c1-17(2)15(9-25)23(11-5-3-10(19)4-6-11)16-13(18(20,21)22)7-12(24(26)27)8-14(16)28-17/h3-9,15H,1-2H3. The number of rotatable bonds is 3. The quantitative estimate of drug-likeness (QED) is 0.326. The number of fused-ring (bicyclic) bond motifs is 1. The Bertz CT molecular complexity index is 942. The van der Waals surface area contributed by atoms with E-state index in [0.29, 0.717) is 12.4 Å². The summed E-state index contributed by atoms with van der Waals surface area (Å²) in [6.07, 6.45) is -4.54. The molecule has 1 atom stereocenters. The molecule has 6 nitrogen and oxygen atoms in total. The summed E-state index contributed by atoms with van der Waals surface area (Å²) in [4.78, 5) is 23.0. The molecule has 10 heteroatoms. The van der Waals surface area contributed by atoms with Crippen LogP contribution in [0.3, 0.4) is 0 Å². The molecule has 0 amide bonds. The fourth-order valence-electron chi connectivity index (χ4n) is 3.15. The van der Waals surface area contributed by atoms with Crippen molar-refractivity contribution in [3.63, 3.8) is 0 Å². The highest BCUT2D eigenvalue weighted by Crippen LogP contribution is 2.51. The zero-order valence-electron chi connectivity index (χ0n) is 14.7. The molecule has 2 aromatic carbocycles. The van der Waals surface area contributed by atoms with Gasteiger partial charge in [0, 0.05) is 11.8 Å². The lowest BCUT2D eigenvalue weighted by molar-refractivity contribution is -0.385. The first-order valence-corrected chi connectivity index (χ1v) is 8.04. The minimum absolute atomic E-state index is 0.107. The van der Waals surface area contributed by atoms with Crippen molar-refractivity contribution in [2.45, 2.75) is 31.7 Å². The molecule has 0 saturated heterocycles. The molecule has 0 spiro atoms. The molecule has 148 valence electrons. The lowest BCUT2D eigenvalue weighted by atomic mass is 9.92. The zero-order chi connectivity index (χ0) is 20.9. The zero-order valence-corrected chi connectivity index (χ0v) is 14.7. The number of nitro benzene ring substituents is 1. The number of nitrogens with zero attached hydrogens (tertiary/aromatic N) is 2. The van der Waals surface area contributed by atoms with Crippen LogP contribution in [0, 0.1) is 15.9 Å². The second-order valence-electron chi connectivity index (χ2n) is 6.73. The van der Waals surface area contributed by atoms with Crippen LogP contribution in [0.15, 0.2) is 36.4 Å². The Balaban J connectivity index is 2.38. The number of non-ortho nitro benzene ring substituents is 1. The molecule has 1 unspecified atom stereocenters. The third-order valence-electron chi connectivity index (χ3n) is 4.41. The van der Waals surface area contributed by atoms with E-state index in [1.807, 2.05) is 0 Å². The van der Waals surface area contributed by atoms with Gasteiger partial charge in [0.05, 0.1) is 22.2 Å². The fraction of sp³-hybridized carbons (Fsp3) is 0.278. The summed E-state index contributed by atoms with van der Waals surface area (Å²) in [6.45, 7) is 2.94. The van der Waals surface area contributed by atoms with Crippen LogP contribution in [0.1, 0.15) is 19.4 Å². The molecule has 3 rings (SSSR count). The highest BCUT2D eigenvalue weighted by molar-refractivity contribution is 5.84. The van der Waals surface area contributed by atoms with Crippen molar-refractivity contribution >= 4 is 23.3 Å². The largest absolute Gasteiger partial charge is 0.483 e. The summed E-state index contributed by atoms with van der Waals surface area (Å²) in [5, 5.41) is 11.1. The second-order valence-corrected chi connectivity index (χ2v) is 6.73. The monoisotopic (exact) mass is 398 g/mol. The van der Waals surface area contributed by atoms with Crippen molar-refractivity contribution in [2.75, 3.05) is 4.90 Å². The molecule has 1 aliphatic heterocycles. The number of hydrogen-bond acceptors (Lipinski definition) is 5. The van der Waals surface area contributed by atoms with E-state index in [-0.39, 0.29) is 5.69 Å². The van der Waals surface area contributed by atoms with Crippen LogP contribution in [0.5, 0.6) is 5.75 Å². The van der Waals surface area contributed by atoms with Crippen LogP contribution in [0.2, 0.25) is 0 Å². The summed E-state index contributed by atoms with van der Waals surface area (Å²) >= 11 is 0. The van der Waals surface area contributed by atoms with Gasteiger partial charge in [-0.2, -0.15) is 13.2 Å². The van der Waals surface area contributed by atoms with Gasteiger partial charge in [-0.15, -0.1) is 0 Å². The molecule has 2 aromatic rings. The Hall–Kier alpha value is -3.17. The highest BCUT2D eigenvalue weighted by atomic mass is 19.4. The number of benzene rings is 2. The summed E-state index contributed by atoms with van der Waals surface area (Å²) in [7, 11) is 0.